The van der Waals surface area contributed by atoms with Gasteiger partial charge in [0.05, 0.1) is 29.3 Å². The third-order valence-electron chi connectivity index (χ3n) is 7.11. The minimum atomic E-state index is -1.43. The summed E-state index contributed by atoms with van der Waals surface area (Å²) in [4.78, 5) is 20.1. The van der Waals surface area contributed by atoms with Gasteiger partial charge in [-0.2, -0.15) is 0 Å². The second kappa shape index (κ2) is 10.5. The molecule has 0 saturated carbocycles. The highest BCUT2D eigenvalue weighted by Crippen LogP contribution is 2.42. The van der Waals surface area contributed by atoms with Crippen LogP contribution in [0.15, 0.2) is 28.9 Å². The summed E-state index contributed by atoms with van der Waals surface area (Å²) in [6, 6.07) is 6.22. The Morgan fingerprint density at radius 1 is 1.32 bits per heavy atom. The van der Waals surface area contributed by atoms with E-state index in [1.807, 2.05) is 6.92 Å². The lowest BCUT2D eigenvalue weighted by Gasteiger charge is -2.45. The fourth-order valence-corrected chi connectivity index (χ4v) is 5.72. The number of aromatic nitrogens is 1. The van der Waals surface area contributed by atoms with E-state index in [9.17, 15) is 14.3 Å². The van der Waals surface area contributed by atoms with Gasteiger partial charge in [-0.3, -0.25) is 9.69 Å². The molecule has 37 heavy (non-hydrogen) atoms. The van der Waals surface area contributed by atoms with Crippen LogP contribution in [0.3, 0.4) is 0 Å². The molecule has 3 heterocycles. The highest BCUT2D eigenvalue weighted by molar-refractivity contribution is 9.10. The van der Waals surface area contributed by atoms with Gasteiger partial charge >= 0.3 is 5.97 Å². The van der Waals surface area contributed by atoms with E-state index in [0.717, 1.165) is 0 Å². The van der Waals surface area contributed by atoms with Crippen molar-refractivity contribution in [3.63, 3.8) is 0 Å². The summed E-state index contributed by atoms with van der Waals surface area (Å²) >= 11 is 9.30. The molecular weight excluding hydrogens is 570 g/mol. The van der Waals surface area contributed by atoms with Gasteiger partial charge in [-0.1, -0.05) is 23.7 Å². The smallest absolute Gasteiger partial charge is 0.313 e. The summed E-state index contributed by atoms with van der Waals surface area (Å²) in [6.07, 6.45) is 0.728. The van der Waals surface area contributed by atoms with Crippen LogP contribution >= 0.6 is 27.5 Å². The Morgan fingerprint density at radius 3 is 2.62 bits per heavy atom. The monoisotopic (exact) mass is 600 g/mol. The van der Waals surface area contributed by atoms with Gasteiger partial charge in [0.25, 0.3) is 0 Å². The number of aliphatic hydroxyl groups is 1. The summed E-state index contributed by atoms with van der Waals surface area (Å²) in [5.74, 6) is -1.52. The molecular formula is C27H32BrClF2N2O4. The number of nitrogens with zero attached hydrogens (tertiary/aromatic N) is 2. The summed E-state index contributed by atoms with van der Waals surface area (Å²) in [6.45, 7) is 8.12. The average molecular weight is 602 g/mol. The van der Waals surface area contributed by atoms with Crippen molar-refractivity contribution in [3.05, 3.63) is 62.3 Å². The minimum absolute atomic E-state index is 0.000823. The van der Waals surface area contributed by atoms with Crippen LogP contribution in [0.5, 0.6) is 0 Å². The van der Waals surface area contributed by atoms with Gasteiger partial charge in [-0.05, 0) is 75.1 Å². The molecule has 2 atom stereocenters. The molecule has 1 N–H and O–H groups in total. The Balaban J connectivity index is 1.65. The Kier molecular flexibility index (Phi) is 8.04. The SMILES string of the molecule is C[C@@H]1CC(Cc2nc(Br)cc(C3(O)COC3)c2F)(C(=O)OC(C)(C)C)CCN1Cc1cccc(Cl)c1F. The second-order valence-electron chi connectivity index (χ2n) is 11.2. The van der Waals surface area contributed by atoms with E-state index in [1.165, 1.54) is 12.1 Å². The number of carbonyl (C=O) groups excluding carboxylic acids is 1. The zero-order chi connectivity index (χ0) is 27.2. The molecule has 2 aliphatic heterocycles. The fourth-order valence-electron chi connectivity index (χ4n) is 5.08. The zero-order valence-electron chi connectivity index (χ0n) is 21.4. The van der Waals surface area contributed by atoms with Crippen LogP contribution in [0.1, 0.15) is 57.4 Å². The molecule has 2 aliphatic rings. The standard InChI is InChI=1S/C27H32BrClF2N2O4/c1-16-11-26(24(34)37-25(2,3)4,8-9-33(16)13-17-6-5-7-19(29)22(17)30)12-20-23(31)18(10-21(28)32-20)27(35)14-36-15-27/h5-7,10,16,35H,8-9,11-15H2,1-4H3/t16-,26?/m1/s1. The molecule has 6 nitrogen and oxygen atoms in total. The molecule has 0 spiro atoms. The Bertz CT molecular complexity index is 1190. The number of benzene rings is 1. The van der Waals surface area contributed by atoms with Crippen LogP contribution in [-0.2, 0) is 32.8 Å². The fraction of sp³-hybridized carbons (Fsp3) is 0.556. The van der Waals surface area contributed by atoms with Crippen molar-refractivity contribution in [1.82, 2.24) is 9.88 Å². The van der Waals surface area contributed by atoms with Gasteiger partial charge in [0.15, 0.2) is 5.82 Å². The van der Waals surface area contributed by atoms with Crippen LogP contribution < -0.4 is 0 Å². The Hall–Kier alpha value is -1.65. The quantitative estimate of drug-likeness (QED) is 0.346. The molecule has 1 aromatic heterocycles. The number of esters is 1. The first kappa shape index (κ1) is 28.4. The average Bonchev–Trinajstić information content (AvgIpc) is 2.78. The van der Waals surface area contributed by atoms with Crippen molar-refractivity contribution in [2.24, 2.45) is 5.41 Å². The number of piperidine rings is 1. The number of carbonyl (C=O) groups is 1. The number of pyridine rings is 1. The van der Waals surface area contributed by atoms with E-state index in [4.69, 9.17) is 21.1 Å². The van der Waals surface area contributed by atoms with E-state index in [-0.39, 0.29) is 42.0 Å². The van der Waals surface area contributed by atoms with Crippen LogP contribution in [0.4, 0.5) is 8.78 Å². The van der Waals surface area contributed by atoms with Crippen LogP contribution in [0.25, 0.3) is 0 Å². The number of ether oxygens (including phenoxy) is 2. The summed E-state index contributed by atoms with van der Waals surface area (Å²) in [7, 11) is 0. The molecule has 1 unspecified atom stereocenters. The van der Waals surface area contributed by atoms with Crippen molar-refractivity contribution in [2.75, 3.05) is 19.8 Å². The number of hydrogen-bond donors (Lipinski definition) is 1. The van der Waals surface area contributed by atoms with Crippen LogP contribution in [0, 0.1) is 17.0 Å². The van der Waals surface area contributed by atoms with E-state index in [2.05, 4.69) is 25.8 Å². The molecule has 4 rings (SSSR count). The highest BCUT2D eigenvalue weighted by Gasteiger charge is 2.48. The molecule has 0 bridgehead atoms. The molecule has 202 valence electrons. The van der Waals surface area contributed by atoms with E-state index < -0.39 is 34.2 Å². The number of likely N-dealkylation sites (tertiary alicyclic amines) is 1. The Labute approximate surface area is 229 Å². The highest BCUT2D eigenvalue weighted by atomic mass is 79.9. The summed E-state index contributed by atoms with van der Waals surface area (Å²) in [5, 5.41) is 10.8. The first-order chi connectivity index (χ1) is 17.2. The van der Waals surface area contributed by atoms with E-state index in [1.54, 1.807) is 32.9 Å². The number of hydrogen-bond acceptors (Lipinski definition) is 6. The number of halogens is 4. The molecule has 1 aromatic carbocycles. The normalized spacial score (nSPS) is 24.0. The maximum atomic E-state index is 15.7. The maximum Gasteiger partial charge on any atom is 0.313 e. The molecule has 0 amide bonds. The third-order valence-corrected chi connectivity index (χ3v) is 7.81. The summed E-state index contributed by atoms with van der Waals surface area (Å²) < 4.78 is 41.6. The minimum Gasteiger partial charge on any atom is -0.460 e. The predicted molar refractivity (Wildman–Crippen MR) is 139 cm³/mol. The molecule has 2 aromatic rings. The lowest BCUT2D eigenvalue weighted by molar-refractivity contribution is -0.186. The maximum absolute atomic E-state index is 15.7. The van der Waals surface area contributed by atoms with Gasteiger partial charge in [-0.15, -0.1) is 0 Å². The predicted octanol–water partition coefficient (Wildman–Crippen LogP) is 5.55. The van der Waals surface area contributed by atoms with Crippen molar-refractivity contribution >= 4 is 33.5 Å². The lowest BCUT2D eigenvalue weighted by atomic mass is 9.71. The van der Waals surface area contributed by atoms with Gasteiger partial charge < -0.3 is 14.6 Å². The van der Waals surface area contributed by atoms with Crippen LogP contribution in [0.2, 0.25) is 5.02 Å². The van der Waals surface area contributed by atoms with Gasteiger partial charge in [-0.25, -0.2) is 13.8 Å². The molecule has 2 saturated heterocycles. The largest absolute Gasteiger partial charge is 0.460 e. The lowest BCUT2D eigenvalue weighted by Crippen LogP contribution is -2.51. The van der Waals surface area contributed by atoms with Crippen molar-refractivity contribution in [1.29, 1.82) is 0 Å². The van der Waals surface area contributed by atoms with E-state index in [0.29, 0.717) is 36.1 Å². The molecule has 2 fully saturated rings. The van der Waals surface area contributed by atoms with Gasteiger partial charge in [0.2, 0.25) is 0 Å². The Morgan fingerprint density at radius 2 is 2.03 bits per heavy atom. The van der Waals surface area contributed by atoms with Crippen molar-refractivity contribution < 1.29 is 28.2 Å². The van der Waals surface area contributed by atoms with Gasteiger partial charge in [0.1, 0.15) is 21.6 Å². The van der Waals surface area contributed by atoms with Crippen LogP contribution in [-0.4, -0.2) is 52.4 Å². The van der Waals surface area contributed by atoms with Crippen molar-refractivity contribution in [3.8, 4) is 0 Å². The first-order valence-corrected chi connectivity index (χ1v) is 13.5. The summed E-state index contributed by atoms with van der Waals surface area (Å²) in [5.41, 5.74) is -2.57. The third kappa shape index (κ3) is 6.01. The van der Waals surface area contributed by atoms with Gasteiger partial charge in [0, 0.05) is 30.1 Å². The van der Waals surface area contributed by atoms with E-state index >= 15 is 4.39 Å². The molecule has 0 aliphatic carbocycles. The number of rotatable bonds is 6. The first-order valence-electron chi connectivity index (χ1n) is 12.3. The zero-order valence-corrected chi connectivity index (χ0v) is 23.8. The molecule has 0 radical (unpaired) electrons. The molecule has 10 heteroatoms. The van der Waals surface area contributed by atoms with Crippen molar-refractivity contribution in [2.45, 2.75) is 70.7 Å². The topological polar surface area (TPSA) is 71.9 Å². The second-order valence-corrected chi connectivity index (χ2v) is 12.4.